The van der Waals surface area contributed by atoms with E-state index in [9.17, 15) is 0 Å². The highest BCUT2D eigenvalue weighted by Crippen LogP contribution is 2.25. The van der Waals surface area contributed by atoms with E-state index in [1.165, 1.54) is 11.1 Å². The van der Waals surface area contributed by atoms with Crippen LogP contribution in [-0.4, -0.2) is 31.1 Å². The Labute approximate surface area is 127 Å². The fraction of sp³-hybridized carbons (Fsp3) is 0.538. The van der Waals surface area contributed by atoms with E-state index in [2.05, 4.69) is 36.2 Å². The molecule has 0 amide bonds. The molecule has 1 saturated heterocycles. The fourth-order valence-electron chi connectivity index (χ4n) is 2.37. The average Bonchev–Trinajstić information content (AvgIpc) is 2.29. The Morgan fingerprint density at radius 1 is 1.22 bits per heavy atom. The number of halogens is 3. The van der Waals surface area contributed by atoms with Crippen LogP contribution in [-0.2, 0) is 0 Å². The van der Waals surface area contributed by atoms with Crippen molar-refractivity contribution in [2.24, 2.45) is 0 Å². The topological polar surface area (TPSA) is 15.3 Å². The molecule has 1 aliphatic heterocycles. The summed E-state index contributed by atoms with van der Waals surface area (Å²) in [5, 5.41) is 4.21. The molecule has 18 heavy (non-hydrogen) atoms. The van der Waals surface area contributed by atoms with Crippen molar-refractivity contribution in [2.45, 2.75) is 19.9 Å². The quantitative estimate of drug-likeness (QED) is 0.900. The van der Waals surface area contributed by atoms with Gasteiger partial charge in [0.2, 0.25) is 0 Å². The van der Waals surface area contributed by atoms with E-state index < -0.39 is 0 Å². The van der Waals surface area contributed by atoms with Gasteiger partial charge in [0.15, 0.2) is 0 Å². The third-order valence-corrected chi connectivity index (χ3v) is 3.62. The Balaban J connectivity index is 0.00000144. The molecule has 0 saturated carbocycles. The van der Waals surface area contributed by atoms with Gasteiger partial charge in [0, 0.05) is 37.2 Å². The number of nitrogens with zero attached hydrogens (tertiary/aromatic N) is 1. The molecule has 0 radical (unpaired) electrons. The summed E-state index contributed by atoms with van der Waals surface area (Å²) < 4.78 is 0. The molecule has 0 aromatic heterocycles. The first-order valence-electron chi connectivity index (χ1n) is 5.89. The standard InChI is InChI=1S/C13H19ClN2.2ClH/c1-10-9-12(14)3-4-13(10)11(2)16-7-5-15-6-8-16;;/h3-4,9,11,15H,5-8H2,1-2H3;2*1H/t11-;;/m0../s1. The maximum absolute atomic E-state index is 5.98. The van der Waals surface area contributed by atoms with Crippen molar-refractivity contribution in [1.82, 2.24) is 10.2 Å². The predicted octanol–water partition coefficient (Wildman–Crippen LogP) is 3.46. The molecule has 1 fully saturated rings. The molecule has 2 rings (SSSR count). The highest BCUT2D eigenvalue weighted by molar-refractivity contribution is 6.30. The lowest BCUT2D eigenvalue weighted by atomic mass is 10.0. The summed E-state index contributed by atoms with van der Waals surface area (Å²) in [6.45, 7) is 8.86. The van der Waals surface area contributed by atoms with Crippen LogP contribution in [0.3, 0.4) is 0 Å². The van der Waals surface area contributed by atoms with E-state index in [-0.39, 0.29) is 24.8 Å². The van der Waals surface area contributed by atoms with Gasteiger partial charge in [0.1, 0.15) is 0 Å². The zero-order chi connectivity index (χ0) is 11.5. The molecule has 1 heterocycles. The lowest BCUT2D eigenvalue weighted by Crippen LogP contribution is -2.44. The van der Waals surface area contributed by atoms with Crippen molar-refractivity contribution >= 4 is 36.4 Å². The summed E-state index contributed by atoms with van der Waals surface area (Å²) in [5.74, 6) is 0. The van der Waals surface area contributed by atoms with E-state index in [1.807, 2.05) is 6.07 Å². The molecular formula is C13H21Cl3N2. The van der Waals surface area contributed by atoms with Crippen LogP contribution in [0.1, 0.15) is 24.1 Å². The molecule has 104 valence electrons. The summed E-state index contributed by atoms with van der Waals surface area (Å²) in [6, 6.07) is 6.68. The summed E-state index contributed by atoms with van der Waals surface area (Å²) in [4.78, 5) is 2.52. The molecule has 0 spiro atoms. The van der Waals surface area contributed by atoms with E-state index >= 15 is 0 Å². The second kappa shape index (κ2) is 8.23. The molecular weight excluding hydrogens is 291 g/mol. The maximum Gasteiger partial charge on any atom is 0.0408 e. The van der Waals surface area contributed by atoms with Gasteiger partial charge in [-0.2, -0.15) is 0 Å². The third-order valence-electron chi connectivity index (χ3n) is 3.38. The highest BCUT2D eigenvalue weighted by Gasteiger charge is 2.18. The molecule has 0 bridgehead atoms. The highest BCUT2D eigenvalue weighted by atomic mass is 35.5. The Kier molecular flexibility index (Phi) is 8.24. The minimum Gasteiger partial charge on any atom is -0.314 e. The SMILES string of the molecule is Cc1cc(Cl)ccc1[C@H](C)N1CCNCC1.Cl.Cl. The van der Waals surface area contributed by atoms with Crippen molar-refractivity contribution in [3.8, 4) is 0 Å². The van der Waals surface area contributed by atoms with Crippen molar-refractivity contribution in [2.75, 3.05) is 26.2 Å². The van der Waals surface area contributed by atoms with E-state index in [0.717, 1.165) is 31.2 Å². The molecule has 0 unspecified atom stereocenters. The number of benzene rings is 1. The van der Waals surface area contributed by atoms with Crippen LogP contribution in [0.5, 0.6) is 0 Å². The van der Waals surface area contributed by atoms with Gasteiger partial charge in [-0.1, -0.05) is 17.7 Å². The minimum atomic E-state index is 0. The molecule has 0 aliphatic carbocycles. The molecule has 1 aromatic rings. The number of rotatable bonds is 2. The lowest BCUT2D eigenvalue weighted by Gasteiger charge is -2.33. The predicted molar refractivity (Wildman–Crippen MR) is 83.5 cm³/mol. The molecule has 1 N–H and O–H groups in total. The van der Waals surface area contributed by atoms with Gasteiger partial charge in [0.25, 0.3) is 0 Å². The first-order valence-corrected chi connectivity index (χ1v) is 6.27. The van der Waals surface area contributed by atoms with Gasteiger partial charge in [-0.15, -0.1) is 24.8 Å². The van der Waals surface area contributed by atoms with E-state index in [1.54, 1.807) is 0 Å². The van der Waals surface area contributed by atoms with Crippen LogP contribution >= 0.6 is 36.4 Å². The Bertz CT molecular complexity index is 365. The normalized spacial score (nSPS) is 17.5. The average molecular weight is 312 g/mol. The zero-order valence-electron chi connectivity index (χ0n) is 10.8. The third kappa shape index (κ3) is 4.29. The fourth-order valence-corrected chi connectivity index (χ4v) is 2.60. The van der Waals surface area contributed by atoms with Crippen LogP contribution in [0, 0.1) is 6.92 Å². The summed E-state index contributed by atoms with van der Waals surface area (Å²) in [6.07, 6.45) is 0. The summed E-state index contributed by atoms with van der Waals surface area (Å²) >= 11 is 5.98. The van der Waals surface area contributed by atoms with Gasteiger partial charge < -0.3 is 5.32 Å². The van der Waals surface area contributed by atoms with Gasteiger partial charge in [-0.05, 0) is 37.1 Å². The number of aryl methyl sites for hydroxylation is 1. The number of hydrogen-bond acceptors (Lipinski definition) is 2. The van der Waals surface area contributed by atoms with Gasteiger partial charge in [-0.3, -0.25) is 4.90 Å². The van der Waals surface area contributed by atoms with Crippen molar-refractivity contribution in [3.05, 3.63) is 34.3 Å². The number of nitrogens with one attached hydrogen (secondary N) is 1. The second-order valence-electron chi connectivity index (χ2n) is 4.46. The number of hydrogen-bond donors (Lipinski definition) is 1. The van der Waals surface area contributed by atoms with Gasteiger partial charge in [0.05, 0.1) is 0 Å². The second-order valence-corrected chi connectivity index (χ2v) is 4.90. The molecule has 1 aliphatic rings. The van der Waals surface area contributed by atoms with Crippen molar-refractivity contribution in [1.29, 1.82) is 0 Å². The van der Waals surface area contributed by atoms with Crippen molar-refractivity contribution in [3.63, 3.8) is 0 Å². The van der Waals surface area contributed by atoms with Crippen LogP contribution in [0.25, 0.3) is 0 Å². The van der Waals surface area contributed by atoms with E-state index in [4.69, 9.17) is 11.6 Å². The molecule has 5 heteroatoms. The van der Waals surface area contributed by atoms with Crippen LogP contribution in [0.4, 0.5) is 0 Å². The van der Waals surface area contributed by atoms with Gasteiger partial charge >= 0.3 is 0 Å². The minimum absolute atomic E-state index is 0. The monoisotopic (exact) mass is 310 g/mol. The first kappa shape index (κ1) is 18.0. The molecule has 1 atom stereocenters. The summed E-state index contributed by atoms with van der Waals surface area (Å²) in [7, 11) is 0. The van der Waals surface area contributed by atoms with Crippen LogP contribution < -0.4 is 5.32 Å². The van der Waals surface area contributed by atoms with E-state index in [0.29, 0.717) is 6.04 Å². The summed E-state index contributed by atoms with van der Waals surface area (Å²) in [5.41, 5.74) is 2.69. The Morgan fingerprint density at radius 3 is 2.39 bits per heavy atom. The largest absolute Gasteiger partial charge is 0.314 e. The number of piperazine rings is 1. The van der Waals surface area contributed by atoms with Crippen molar-refractivity contribution < 1.29 is 0 Å². The molecule has 2 nitrogen and oxygen atoms in total. The van der Waals surface area contributed by atoms with Crippen LogP contribution in [0.15, 0.2) is 18.2 Å². The Hall–Kier alpha value is 0.01000. The Morgan fingerprint density at radius 2 is 1.83 bits per heavy atom. The smallest absolute Gasteiger partial charge is 0.0408 e. The first-order chi connectivity index (χ1) is 7.68. The maximum atomic E-state index is 5.98. The molecule has 1 aromatic carbocycles. The lowest BCUT2D eigenvalue weighted by molar-refractivity contribution is 0.185. The zero-order valence-corrected chi connectivity index (χ0v) is 13.2. The van der Waals surface area contributed by atoms with Gasteiger partial charge in [-0.25, -0.2) is 0 Å². The van der Waals surface area contributed by atoms with Crippen LogP contribution in [0.2, 0.25) is 5.02 Å².